The van der Waals surface area contributed by atoms with E-state index >= 15 is 0 Å². The van der Waals surface area contributed by atoms with Gasteiger partial charge in [-0.15, -0.1) is 0 Å². The van der Waals surface area contributed by atoms with Crippen LogP contribution in [0.4, 0.5) is 5.69 Å². The van der Waals surface area contributed by atoms with Crippen molar-refractivity contribution in [3.05, 3.63) is 60.2 Å². The number of oxime groups is 1. The van der Waals surface area contributed by atoms with Crippen molar-refractivity contribution < 1.29 is 9.57 Å². The Labute approximate surface area is 124 Å². The van der Waals surface area contributed by atoms with Crippen molar-refractivity contribution in [1.29, 1.82) is 0 Å². The Kier molecular flexibility index (Phi) is 4.05. The van der Waals surface area contributed by atoms with Gasteiger partial charge < -0.3 is 14.9 Å². The number of anilines is 1. The molecule has 0 saturated heterocycles. The lowest BCUT2D eigenvalue weighted by Crippen LogP contribution is -2.20. The lowest BCUT2D eigenvalue weighted by atomic mass is 10.0. The molecule has 1 N–H and O–H groups in total. The van der Waals surface area contributed by atoms with E-state index in [1.807, 2.05) is 54.6 Å². The van der Waals surface area contributed by atoms with Crippen LogP contribution >= 0.6 is 0 Å². The van der Waals surface area contributed by atoms with E-state index in [0.29, 0.717) is 0 Å². The first-order valence-corrected chi connectivity index (χ1v) is 7.01. The third kappa shape index (κ3) is 3.34. The van der Waals surface area contributed by atoms with E-state index in [9.17, 15) is 0 Å². The van der Waals surface area contributed by atoms with E-state index in [1.165, 1.54) is 0 Å². The molecule has 0 saturated carbocycles. The average Bonchev–Trinajstić information content (AvgIpc) is 3.03. The van der Waals surface area contributed by atoms with Crippen LogP contribution in [-0.2, 0) is 4.84 Å². The molecule has 1 atom stereocenters. The van der Waals surface area contributed by atoms with Crippen molar-refractivity contribution >= 4 is 11.4 Å². The molecule has 1 aliphatic rings. The lowest BCUT2D eigenvalue weighted by Gasteiger charge is -2.10. The Bertz CT molecular complexity index is 608. The number of hydrogen-bond acceptors (Lipinski definition) is 4. The van der Waals surface area contributed by atoms with Gasteiger partial charge in [0.25, 0.3) is 0 Å². The minimum atomic E-state index is 0.0716. The van der Waals surface area contributed by atoms with Crippen LogP contribution in [0.2, 0.25) is 0 Å². The molecule has 0 radical (unpaired) electrons. The molecule has 108 valence electrons. The second-order valence-electron chi connectivity index (χ2n) is 4.94. The molecule has 1 aliphatic heterocycles. The number of nitrogens with one attached hydrogen (secondary N) is 1. The number of para-hydroxylation sites is 1. The van der Waals surface area contributed by atoms with Crippen molar-refractivity contribution in [2.75, 3.05) is 19.0 Å². The Morgan fingerprint density at radius 3 is 2.62 bits per heavy atom. The van der Waals surface area contributed by atoms with Gasteiger partial charge in [0.2, 0.25) is 0 Å². The predicted molar refractivity (Wildman–Crippen MR) is 84.0 cm³/mol. The van der Waals surface area contributed by atoms with Crippen LogP contribution in [0, 0.1) is 0 Å². The molecule has 2 aromatic carbocycles. The van der Waals surface area contributed by atoms with Gasteiger partial charge in [-0.3, -0.25) is 0 Å². The monoisotopic (exact) mass is 282 g/mol. The molecule has 21 heavy (non-hydrogen) atoms. The van der Waals surface area contributed by atoms with Gasteiger partial charge in [-0.05, 0) is 42.0 Å². The van der Waals surface area contributed by atoms with Crippen LogP contribution in [0.5, 0.6) is 5.75 Å². The number of hydrogen-bond donors (Lipinski definition) is 1. The number of ether oxygens (including phenoxy) is 1. The zero-order valence-corrected chi connectivity index (χ0v) is 12.0. The van der Waals surface area contributed by atoms with Gasteiger partial charge in [-0.25, -0.2) is 0 Å². The van der Waals surface area contributed by atoms with Crippen LogP contribution in [0.25, 0.3) is 0 Å². The molecule has 1 heterocycles. The lowest BCUT2D eigenvalue weighted by molar-refractivity contribution is 0.0949. The van der Waals surface area contributed by atoms with Gasteiger partial charge in [-0.2, -0.15) is 0 Å². The Morgan fingerprint density at radius 1 is 1.14 bits per heavy atom. The molecule has 0 aliphatic carbocycles. The molecular formula is C17H18N2O2. The fourth-order valence-electron chi connectivity index (χ4n) is 2.28. The number of rotatable bonds is 5. The number of nitrogens with zero attached hydrogens (tertiary/aromatic N) is 1. The highest BCUT2D eigenvalue weighted by Crippen LogP contribution is 2.19. The molecular weight excluding hydrogens is 264 g/mol. The summed E-state index contributed by atoms with van der Waals surface area (Å²) in [6.45, 7) is 0.743. The van der Waals surface area contributed by atoms with Crippen molar-refractivity contribution in [2.24, 2.45) is 5.16 Å². The highest BCUT2D eigenvalue weighted by atomic mass is 16.6. The maximum Gasteiger partial charge on any atom is 0.150 e. The summed E-state index contributed by atoms with van der Waals surface area (Å²) in [5.41, 5.74) is 3.16. The Balaban J connectivity index is 1.54. The molecule has 4 nitrogen and oxygen atoms in total. The fraction of sp³-hybridized carbons (Fsp3) is 0.235. The van der Waals surface area contributed by atoms with Crippen molar-refractivity contribution in [3.63, 3.8) is 0 Å². The third-order valence-corrected chi connectivity index (χ3v) is 3.46. The maximum atomic E-state index is 5.49. The Hall–Kier alpha value is -2.49. The molecule has 2 aromatic rings. The van der Waals surface area contributed by atoms with Crippen LogP contribution in [0.3, 0.4) is 0 Å². The van der Waals surface area contributed by atoms with Gasteiger partial charge >= 0.3 is 0 Å². The summed E-state index contributed by atoms with van der Waals surface area (Å²) >= 11 is 0. The summed E-state index contributed by atoms with van der Waals surface area (Å²) < 4.78 is 5.16. The van der Waals surface area contributed by atoms with Gasteiger partial charge in [0.15, 0.2) is 0 Å². The highest BCUT2D eigenvalue weighted by Gasteiger charge is 2.21. The number of methoxy groups -OCH3 is 1. The van der Waals surface area contributed by atoms with E-state index < -0.39 is 0 Å². The van der Waals surface area contributed by atoms with Crippen molar-refractivity contribution in [3.8, 4) is 5.75 Å². The second-order valence-corrected chi connectivity index (χ2v) is 4.94. The Morgan fingerprint density at radius 2 is 1.90 bits per heavy atom. The topological polar surface area (TPSA) is 42.9 Å². The molecule has 1 unspecified atom stereocenters. The minimum absolute atomic E-state index is 0.0716. The summed E-state index contributed by atoms with van der Waals surface area (Å²) in [6, 6.07) is 18.0. The molecule has 0 amide bonds. The highest BCUT2D eigenvalue weighted by molar-refractivity contribution is 6.01. The molecule has 0 bridgehead atoms. The van der Waals surface area contributed by atoms with E-state index in [0.717, 1.165) is 35.7 Å². The zero-order valence-electron chi connectivity index (χ0n) is 12.0. The van der Waals surface area contributed by atoms with E-state index in [1.54, 1.807) is 7.11 Å². The summed E-state index contributed by atoms with van der Waals surface area (Å²) in [4.78, 5) is 5.49. The zero-order chi connectivity index (χ0) is 14.5. The largest absolute Gasteiger partial charge is 0.497 e. The quantitative estimate of drug-likeness (QED) is 0.915. The second kappa shape index (κ2) is 6.31. The van der Waals surface area contributed by atoms with Crippen LogP contribution in [0.1, 0.15) is 12.0 Å². The van der Waals surface area contributed by atoms with Crippen LogP contribution < -0.4 is 10.1 Å². The third-order valence-electron chi connectivity index (χ3n) is 3.46. The molecule has 0 spiro atoms. The first kappa shape index (κ1) is 13.5. The van der Waals surface area contributed by atoms with E-state index in [2.05, 4.69) is 10.5 Å². The standard InChI is InChI=1S/C17H18N2O2/c1-20-15-9-7-13(8-10-15)17-11-16(21-19-17)12-18-14-5-3-2-4-6-14/h2-10,16,18H,11-12H2,1H3. The maximum absolute atomic E-state index is 5.49. The molecule has 4 heteroatoms. The summed E-state index contributed by atoms with van der Waals surface area (Å²) in [6.07, 6.45) is 0.883. The van der Waals surface area contributed by atoms with Crippen molar-refractivity contribution in [1.82, 2.24) is 0 Å². The normalized spacial score (nSPS) is 17.0. The molecule has 3 rings (SSSR count). The van der Waals surface area contributed by atoms with Gasteiger partial charge in [-0.1, -0.05) is 23.4 Å². The summed E-state index contributed by atoms with van der Waals surface area (Å²) in [5, 5.41) is 7.55. The van der Waals surface area contributed by atoms with Gasteiger partial charge in [0.1, 0.15) is 11.9 Å². The molecule has 0 aromatic heterocycles. The minimum Gasteiger partial charge on any atom is -0.497 e. The first-order chi connectivity index (χ1) is 10.3. The first-order valence-electron chi connectivity index (χ1n) is 7.01. The SMILES string of the molecule is COc1ccc(C2=NOC(CNc3ccccc3)C2)cc1. The smallest absolute Gasteiger partial charge is 0.150 e. The predicted octanol–water partition coefficient (Wildman–Crippen LogP) is 3.30. The number of benzene rings is 2. The van der Waals surface area contributed by atoms with Crippen LogP contribution in [0.15, 0.2) is 59.8 Å². The molecule has 0 fully saturated rings. The van der Waals surface area contributed by atoms with E-state index in [4.69, 9.17) is 9.57 Å². The van der Waals surface area contributed by atoms with Crippen molar-refractivity contribution in [2.45, 2.75) is 12.5 Å². The van der Waals surface area contributed by atoms with Gasteiger partial charge in [0, 0.05) is 12.1 Å². The van der Waals surface area contributed by atoms with Crippen LogP contribution in [-0.4, -0.2) is 25.5 Å². The van der Waals surface area contributed by atoms with Gasteiger partial charge in [0.05, 0.1) is 19.4 Å². The van der Waals surface area contributed by atoms with E-state index in [-0.39, 0.29) is 6.10 Å². The average molecular weight is 282 g/mol. The fourth-order valence-corrected chi connectivity index (χ4v) is 2.28. The summed E-state index contributed by atoms with van der Waals surface area (Å²) in [5.74, 6) is 0.848. The summed E-state index contributed by atoms with van der Waals surface area (Å²) in [7, 11) is 1.66.